The average molecular weight is 286 g/mol. The largest absolute Gasteiger partial charge is 0.393 e. The van der Waals surface area contributed by atoms with E-state index in [2.05, 4.69) is 4.72 Å². The molecule has 0 spiro atoms. The summed E-state index contributed by atoms with van der Waals surface area (Å²) >= 11 is 0. The molecular formula is C13H22N2O3S. The second-order valence-electron chi connectivity index (χ2n) is 4.88. The van der Waals surface area contributed by atoms with Crippen molar-refractivity contribution in [2.45, 2.75) is 31.3 Å². The average Bonchev–Trinajstić information content (AvgIpc) is 2.27. The summed E-state index contributed by atoms with van der Waals surface area (Å²) in [4.78, 5) is 2.12. The van der Waals surface area contributed by atoms with E-state index < -0.39 is 16.1 Å². The van der Waals surface area contributed by atoms with Crippen molar-refractivity contribution in [1.82, 2.24) is 4.72 Å². The Morgan fingerprint density at radius 2 is 2.00 bits per heavy atom. The molecule has 0 aliphatic rings. The molecule has 0 bridgehead atoms. The number of aliphatic hydroxyl groups is 1. The zero-order valence-electron chi connectivity index (χ0n) is 11.8. The number of nitrogens with zero attached hydrogens (tertiary/aromatic N) is 1. The Labute approximate surface area is 115 Å². The summed E-state index contributed by atoms with van der Waals surface area (Å²) < 4.78 is 26.7. The Bertz CT molecular complexity index is 525. The van der Waals surface area contributed by atoms with Gasteiger partial charge >= 0.3 is 0 Å². The molecule has 2 N–H and O–H groups in total. The van der Waals surface area contributed by atoms with Crippen molar-refractivity contribution >= 4 is 15.7 Å². The summed E-state index contributed by atoms with van der Waals surface area (Å²) in [7, 11) is 0.233. The van der Waals surface area contributed by atoms with Crippen LogP contribution in [-0.2, 0) is 10.0 Å². The molecule has 1 aromatic carbocycles. The first kappa shape index (κ1) is 15.9. The Morgan fingerprint density at radius 1 is 1.37 bits per heavy atom. The van der Waals surface area contributed by atoms with E-state index in [0.29, 0.717) is 6.42 Å². The number of aryl methyl sites for hydroxylation is 1. The third kappa shape index (κ3) is 4.49. The van der Waals surface area contributed by atoms with Crippen molar-refractivity contribution in [2.75, 3.05) is 25.5 Å². The minimum Gasteiger partial charge on any atom is -0.393 e. The third-order valence-corrected chi connectivity index (χ3v) is 4.29. The summed E-state index contributed by atoms with van der Waals surface area (Å²) in [5.74, 6) is 0. The van der Waals surface area contributed by atoms with E-state index in [4.69, 9.17) is 5.11 Å². The van der Waals surface area contributed by atoms with Crippen LogP contribution in [0.3, 0.4) is 0 Å². The van der Waals surface area contributed by atoms with Gasteiger partial charge in [0.15, 0.2) is 0 Å². The molecule has 1 aromatic rings. The molecular weight excluding hydrogens is 264 g/mol. The van der Waals surface area contributed by atoms with Crippen LogP contribution in [0, 0.1) is 6.92 Å². The van der Waals surface area contributed by atoms with Gasteiger partial charge in [0.2, 0.25) is 10.0 Å². The highest BCUT2D eigenvalue weighted by molar-refractivity contribution is 7.89. The van der Waals surface area contributed by atoms with Crippen LogP contribution in [0.4, 0.5) is 5.69 Å². The van der Waals surface area contributed by atoms with E-state index in [1.165, 1.54) is 0 Å². The van der Waals surface area contributed by atoms with Crippen LogP contribution in [0.1, 0.15) is 18.9 Å². The van der Waals surface area contributed by atoms with Crippen LogP contribution < -0.4 is 9.62 Å². The highest BCUT2D eigenvalue weighted by atomic mass is 32.2. The second-order valence-corrected chi connectivity index (χ2v) is 6.65. The monoisotopic (exact) mass is 286 g/mol. The maximum Gasteiger partial charge on any atom is 0.240 e. The molecule has 5 nitrogen and oxygen atoms in total. The zero-order chi connectivity index (χ0) is 14.6. The van der Waals surface area contributed by atoms with E-state index in [9.17, 15) is 8.42 Å². The Balaban J connectivity index is 2.92. The first-order chi connectivity index (χ1) is 8.74. The summed E-state index contributed by atoms with van der Waals surface area (Å²) in [6.45, 7) is 3.79. The van der Waals surface area contributed by atoms with Crippen molar-refractivity contribution in [1.29, 1.82) is 0 Å². The van der Waals surface area contributed by atoms with Gasteiger partial charge in [-0.2, -0.15) is 0 Å². The molecule has 0 aromatic heterocycles. The molecule has 0 saturated carbocycles. The van der Waals surface area contributed by atoms with Gasteiger partial charge in [-0.25, -0.2) is 13.1 Å². The smallest absolute Gasteiger partial charge is 0.240 e. The van der Waals surface area contributed by atoms with Crippen LogP contribution in [0.25, 0.3) is 0 Å². The molecule has 0 radical (unpaired) electrons. The number of hydrogen-bond acceptors (Lipinski definition) is 4. The lowest BCUT2D eigenvalue weighted by Crippen LogP contribution is -2.27. The predicted octanol–water partition coefficient (Wildman–Crippen LogP) is 1.11. The summed E-state index contributed by atoms with van der Waals surface area (Å²) in [5.41, 5.74) is 1.89. The first-order valence-electron chi connectivity index (χ1n) is 6.20. The fraction of sp³-hybridized carbons (Fsp3) is 0.538. The number of sulfonamides is 1. The third-order valence-electron chi connectivity index (χ3n) is 2.83. The van der Waals surface area contributed by atoms with Gasteiger partial charge < -0.3 is 10.0 Å². The quantitative estimate of drug-likeness (QED) is 0.822. The highest BCUT2D eigenvalue weighted by Gasteiger charge is 2.15. The molecule has 0 saturated heterocycles. The van der Waals surface area contributed by atoms with Crippen LogP contribution in [0.15, 0.2) is 23.1 Å². The lowest BCUT2D eigenvalue weighted by Gasteiger charge is -2.17. The number of aliphatic hydroxyl groups excluding tert-OH is 1. The molecule has 1 rings (SSSR count). The number of hydrogen-bond donors (Lipinski definition) is 2. The molecule has 108 valence electrons. The van der Waals surface area contributed by atoms with Gasteiger partial charge in [0.05, 0.1) is 11.0 Å². The van der Waals surface area contributed by atoms with Crippen molar-refractivity contribution < 1.29 is 13.5 Å². The fourth-order valence-electron chi connectivity index (χ4n) is 1.72. The fourth-order valence-corrected chi connectivity index (χ4v) is 2.79. The molecule has 1 atom stereocenters. The molecule has 6 heteroatoms. The van der Waals surface area contributed by atoms with Crippen LogP contribution in [-0.4, -0.2) is 40.3 Å². The Morgan fingerprint density at radius 3 is 2.53 bits per heavy atom. The van der Waals surface area contributed by atoms with Crippen LogP contribution in [0.2, 0.25) is 0 Å². The first-order valence-corrected chi connectivity index (χ1v) is 7.68. The van der Waals surface area contributed by atoms with Gasteiger partial charge in [-0.1, -0.05) is 6.07 Å². The summed E-state index contributed by atoms with van der Waals surface area (Å²) in [5, 5.41) is 9.13. The van der Waals surface area contributed by atoms with Gasteiger partial charge in [0.1, 0.15) is 0 Å². The van der Waals surface area contributed by atoms with Gasteiger partial charge in [0, 0.05) is 26.3 Å². The highest BCUT2D eigenvalue weighted by Crippen LogP contribution is 2.22. The van der Waals surface area contributed by atoms with E-state index in [1.807, 2.05) is 25.9 Å². The van der Waals surface area contributed by atoms with Crippen molar-refractivity contribution in [3.05, 3.63) is 23.8 Å². The lowest BCUT2D eigenvalue weighted by atomic mass is 10.2. The molecule has 19 heavy (non-hydrogen) atoms. The molecule has 1 unspecified atom stereocenters. The van der Waals surface area contributed by atoms with Crippen molar-refractivity contribution in [3.8, 4) is 0 Å². The number of anilines is 1. The lowest BCUT2D eigenvalue weighted by molar-refractivity contribution is 0.186. The maximum absolute atomic E-state index is 12.1. The maximum atomic E-state index is 12.1. The standard InChI is InChI=1S/C13H22N2O3S/c1-10-5-6-12(9-13(10)15(3)4)19(17,18)14-8-7-11(2)16/h5-6,9,11,14,16H,7-8H2,1-4H3. The van der Waals surface area contributed by atoms with Crippen molar-refractivity contribution in [2.24, 2.45) is 0 Å². The molecule has 0 amide bonds. The van der Waals surface area contributed by atoms with Gasteiger partial charge in [-0.05, 0) is 38.0 Å². The topological polar surface area (TPSA) is 69.6 Å². The van der Waals surface area contributed by atoms with E-state index in [0.717, 1.165) is 11.3 Å². The molecule has 0 aliphatic heterocycles. The molecule has 0 aliphatic carbocycles. The minimum atomic E-state index is -3.52. The van der Waals surface area contributed by atoms with Crippen LogP contribution in [0.5, 0.6) is 0 Å². The van der Waals surface area contributed by atoms with E-state index in [-0.39, 0.29) is 11.4 Å². The van der Waals surface area contributed by atoms with Crippen LogP contribution >= 0.6 is 0 Å². The Kier molecular flexibility index (Phi) is 5.34. The number of benzene rings is 1. The minimum absolute atomic E-state index is 0.227. The molecule has 0 fully saturated rings. The van der Waals surface area contributed by atoms with Gasteiger partial charge in [-0.15, -0.1) is 0 Å². The van der Waals surface area contributed by atoms with Gasteiger partial charge in [-0.3, -0.25) is 0 Å². The summed E-state index contributed by atoms with van der Waals surface area (Å²) in [6, 6.07) is 5.03. The number of rotatable bonds is 6. The SMILES string of the molecule is Cc1ccc(S(=O)(=O)NCCC(C)O)cc1N(C)C. The van der Waals surface area contributed by atoms with E-state index in [1.54, 1.807) is 25.1 Å². The second kappa shape index (κ2) is 6.36. The van der Waals surface area contributed by atoms with E-state index >= 15 is 0 Å². The van der Waals surface area contributed by atoms with Crippen molar-refractivity contribution in [3.63, 3.8) is 0 Å². The zero-order valence-corrected chi connectivity index (χ0v) is 12.7. The normalized spacial score (nSPS) is 13.3. The van der Waals surface area contributed by atoms with Gasteiger partial charge in [0.25, 0.3) is 0 Å². The number of nitrogens with one attached hydrogen (secondary N) is 1. The molecule has 0 heterocycles. The Hall–Kier alpha value is -1.11. The predicted molar refractivity (Wildman–Crippen MR) is 77.0 cm³/mol. The summed E-state index contributed by atoms with van der Waals surface area (Å²) in [6.07, 6.45) is -0.121.